The molecular formula is C27H23ClNO4+. The number of nitrogens with zero attached hydrogens (tertiary/aromatic N) is 1. The van der Waals surface area contributed by atoms with E-state index in [1.54, 1.807) is 14.2 Å². The van der Waals surface area contributed by atoms with Crippen molar-refractivity contribution in [1.82, 2.24) is 0 Å². The molecule has 6 heteroatoms. The van der Waals surface area contributed by atoms with Crippen molar-refractivity contribution < 1.29 is 23.5 Å². The minimum Gasteiger partial charge on any atom is -0.493 e. The van der Waals surface area contributed by atoms with Crippen LogP contribution in [-0.4, -0.2) is 21.0 Å². The predicted molar refractivity (Wildman–Crippen MR) is 127 cm³/mol. The second-order valence-electron chi connectivity index (χ2n) is 8.33. The molecule has 0 unspecified atom stereocenters. The fourth-order valence-corrected chi connectivity index (χ4v) is 5.25. The molecule has 0 N–H and O–H groups in total. The first-order valence-corrected chi connectivity index (χ1v) is 11.3. The molecule has 0 amide bonds. The highest BCUT2D eigenvalue weighted by molar-refractivity contribution is 6.30. The number of aromatic nitrogens is 1. The van der Waals surface area contributed by atoms with E-state index in [0.29, 0.717) is 0 Å². The summed E-state index contributed by atoms with van der Waals surface area (Å²) in [4.78, 5) is 0. The largest absolute Gasteiger partial charge is 0.493 e. The van der Waals surface area contributed by atoms with Gasteiger partial charge in [0.15, 0.2) is 35.7 Å². The summed E-state index contributed by atoms with van der Waals surface area (Å²) >= 11 is 6.33. The molecule has 1 aromatic heterocycles. The molecule has 4 aromatic rings. The molecule has 0 saturated heterocycles. The van der Waals surface area contributed by atoms with Crippen molar-refractivity contribution in [3.05, 3.63) is 76.4 Å². The van der Waals surface area contributed by atoms with E-state index in [2.05, 4.69) is 35.0 Å². The summed E-state index contributed by atoms with van der Waals surface area (Å²) in [7, 11) is 3.36. The predicted octanol–water partition coefficient (Wildman–Crippen LogP) is 5.34. The van der Waals surface area contributed by atoms with Crippen LogP contribution in [-0.2, 0) is 19.4 Å². The number of benzene rings is 3. The zero-order valence-corrected chi connectivity index (χ0v) is 19.2. The molecule has 166 valence electrons. The van der Waals surface area contributed by atoms with Crippen LogP contribution in [0.4, 0.5) is 0 Å². The molecule has 0 fully saturated rings. The van der Waals surface area contributed by atoms with Crippen LogP contribution < -0.4 is 23.5 Å². The minimum absolute atomic E-state index is 0.266. The van der Waals surface area contributed by atoms with Crippen LogP contribution in [0, 0.1) is 0 Å². The maximum Gasteiger partial charge on any atom is 0.231 e. The van der Waals surface area contributed by atoms with Gasteiger partial charge in [-0.25, -0.2) is 0 Å². The lowest BCUT2D eigenvalue weighted by Crippen LogP contribution is -2.41. The highest BCUT2D eigenvalue weighted by Crippen LogP contribution is 2.44. The van der Waals surface area contributed by atoms with Crippen molar-refractivity contribution >= 4 is 22.4 Å². The molecular weight excluding hydrogens is 438 g/mol. The SMILES string of the molecule is COc1ccc2c(Cc3cccc(Cl)c3)c3[n+](cc2c1OC)CCc1cc2c(cc1-3)OCO2. The van der Waals surface area contributed by atoms with Gasteiger partial charge in [0, 0.05) is 28.8 Å². The fourth-order valence-electron chi connectivity index (χ4n) is 5.04. The minimum atomic E-state index is 0.266. The molecule has 2 aliphatic heterocycles. The number of hydrogen-bond acceptors (Lipinski definition) is 4. The standard InChI is InChI=1S/C27H23ClNO4/c1-30-23-7-6-19-21(11-16-4-3-5-18(28)10-16)26-20-13-25-24(32-15-33-25)12-17(20)8-9-29(26)14-22(19)27(23)31-2/h3-7,10,12-14H,8-9,11,15H2,1-2H3/q+1. The van der Waals surface area contributed by atoms with Gasteiger partial charge in [-0.1, -0.05) is 23.7 Å². The Morgan fingerprint density at radius 2 is 1.82 bits per heavy atom. The highest BCUT2D eigenvalue weighted by Gasteiger charge is 2.32. The van der Waals surface area contributed by atoms with Gasteiger partial charge in [0.05, 0.1) is 25.2 Å². The summed E-state index contributed by atoms with van der Waals surface area (Å²) in [5, 5.41) is 2.89. The number of pyridine rings is 1. The Morgan fingerprint density at radius 3 is 2.61 bits per heavy atom. The smallest absolute Gasteiger partial charge is 0.231 e. The number of hydrogen-bond donors (Lipinski definition) is 0. The van der Waals surface area contributed by atoms with Gasteiger partial charge in [0.2, 0.25) is 12.5 Å². The Morgan fingerprint density at radius 1 is 0.970 bits per heavy atom. The van der Waals surface area contributed by atoms with Gasteiger partial charge in [-0.05, 0) is 47.5 Å². The summed E-state index contributed by atoms with van der Waals surface area (Å²) in [6, 6.07) is 16.4. The van der Waals surface area contributed by atoms with E-state index < -0.39 is 0 Å². The second-order valence-corrected chi connectivity index (χ2v) is 8.77. The molecule has 0 radical (unpaired) electrons. The number of aryl methyl sites for hydroxylation is 2. The van der Waals surface area contributed by atoms with Gasteiger partial charge < -0.3 is 18.9 Å². The van der Waals surface area contributed by atoms with Crippen LogP contribution in [0.25, 0.3) is 22.0 Å². The summed E-state index contributed by atoms with van der Waals surface area (Å²) in [5.74, 6) is 3.09. The Hall–Kier alpha value is -3.44. The van der Waals surface area contributed by atoms with Crippen molar-refractivity contribution in [3.8, 4) is 34.3 Å². The van der Waals surface area contributed by atoms with Crippen molar-refractivity contribution in [2.45, 2.75) is 19.4 Å². The monoisotopic (exact) mass is 460 g/mol. The van der Waals surface area contributed by atoms with E-state index >= 15 is 0 Å². The lowest BCUT2D eigenvalue weighted by Gasteiger charge is -2.21. The topological polar surface area (TPSA) is 40.8 Å². The Kier molecular flexibility index (Phi) is 4.80. The van der Waals surface area contributed by atoms with Gasteiger partial charge in [-0.2, -0.15) is 4.57 Å². The molecule has 0 saturated carbocycles. The van der Waals surface area contributed by atoms with Crippen molar-refractivity contribution in [1.29, 1.82) is 0 Å². The fraction of sp³-hybridized carbons (Fsp3) is 0.222. The van der Waals surface area contributed by atoms with Crippen LogP contribution in [0.5, 0.6) is 23.0 Å². The lowest BCUT2D eigenvalue weighted by atomic mass is 9.88. The molecule has 3 heterocycles. The number of ether oxygens (including phenoxy) is 4. The van der Waals surface area contributed by atoms with Gasteiger partial charge in [-0.3, -0.25) is 0 Å². The van der Waals surface area contributed by atoms with Crippen molar-refractivity contribution in [3.63, 3.8) is 0 Å². The van der Waals surface area contributed by atoms with Gasteiger partial charge >= 0.3 is 0 Å². The quantitative estimate of drug-likeness (QED) is 0.385. The van der Waals surface area contributed by atoms with E-state index in [0.717, 1.165) is 63.7 Å². The molecule has 3 aromatic carbocycles. The molecule has 0 bridgehead atoms. The molecule has 0 atom stereocenters. The van der Waals surface area contributed by atoms with Gasteiger partial charge in [-0.15, -0.1) is 0 Å². The lowest BCUT2D eigenvalue weighted by molar-refractivity contribution is -0.686. The third kappa shape index (κ3) is 3.26. The zero-order chi connectivity index (χ0) is 22.5. The molecule has 33 heavy (non-hydrogen) atoms. The normalized spacial score (nSPS) is 13.5. The Bertz CT molecular complexity index is 1420. The number of fused-ring (bicyclic) bond motifs is 5. The average Bonchev–Trinajstić information content (AvgIpc) is 3.29. The highest BCUT2D eigenvalue weighted by atomic mass is 35.5. The van der Waals surface area contributed by atoms with Gasteiger partial charge in [0.1, 0.15) is 0 Å². The summed E-state index contributed by atoms with van der Waals surface area (Å²) in [6.45, 7) is 1.13. The van der Waals surface area contributed by atoms with Crippen molar-refractivity contribution in [2.75, 3.05) is 21.0 Å². The first-order valence-electron chi connectivity index (χ1n) is 10.9. The van der Waals surface area contributed by atoms with E-state index in [9.17, 15) is 0 Å². The van der Waals surface area contributed by atoms with E-state index in [4.69, 9.17) is 30.5 Å². The van der Waals surface area contributed by atoms with Crippen LogP contribution >= 0.6 is 11.6 Å². The van der Waals surface area contributed by atoms with Crippen LogP contribution in [0.2, 0.25) is 5.02 Å². The van der Waals surface area contributed by atoms with E-state index in [1.807, 2.05) is 24.3 Å². The van der Waals surface area contributed by atoms with Crippen LogP contribution in [0.1, 0.15) is 16.7 Å². The molecule has 2 aliphatic rings. The summed E-state index contributed by atoms with van der Waals surface area (Å²) < 4.78 is 25.1. The number of rotatable bonds is 4. The average molecular weight is 461 g/mol. The maximum atomic E-state index is 6.33. The zero-order valence-electron chi connectivity index (χ0n) is 18.5. The summed E-state index contributed by atoms with van der Waals surface area (Å²) in [5.41, 5.74) is 6.01. The Labute approximate surface area is 197 Å². The maximum absolute atomic E-state index is 6.33. The van der Waals surface area contributed by atoms with Crippen molar-refractivity contribution in [2.24, 2.45) is 0 Å². The summed E-state index contributed by atoms with van der Waals surface area (Å²) in [6.07, 6.45) is 3.83. The molecule has 5 nitrogen and oxygen atoms in total. The van der Waals surface area contributed by atoms with Crippen LogP contribution in [0.3, 0.4) is 0 Å². The van der Waals surface area contributed by atoms with E-state index in [1.165, 1.54) is 22.4 Å². The number of methoxy groups -OCH3 is 2. The second kappa shape index (κ2) is 7.85. The molecule has 6 rings (SSSR count). The third-order valence-electron chi connectivity index (χ3n) is 6.51. The Balaban J connectivity index is 1.66. The first kappa shape index (κ1) is 20.2. The van der Waals surface area contributed by atoms with E-state index in [-0.39, 0.29) is 6.79 Å². The number of halogens is 1. The molecule has 0 aliphatic carbocycles. The first-order chi connectivity index (χ1) is 16.2. The third-order valence-corrected chi connectivity index (χ3v) is 6.75. The van der Waals surface area contributed by atoms with Gasteiger partial charge in [0.25, 0.3) is 0 Å². The molecule has 0 spiro atoms. The van der Waals surface area contributed by atoms with Crippen LogP contribution in [0.15, 0.2) is 54.7 Å².